The summed E-state index contributed by atoms with van der Waals surface area (Å²) in [5.41, 5.74) is 4.92. The van der Waals surface area contributed by atoms with Gasteiger partial charge in [0.05, 0.1) is 16.5 Å². The summed E-state index contributed by atoms with van der Waals surface area (Å²) in [6, 6.07) is 7.30. The highest BCUT2D eigenvalue weighted by Crippen LogP contribution is 2.40. The first kappa shape index (κ1) is 26.4. The van der Waals surface area contributed by atoms with E-state index in [0.29, 0.717) is 17.4 Å². The molecule has 2 amide bonds. The van der Waals surface area contributed by atoms with Crippen LogP contribution >= 0.6 is 15.9 Å². The molecular weight excluding hydrogens is 579 g/mol. The Morgan fingerprint density at radius 2 is 1.95 bits per heavy atom. The zero-order valence-electron chi connectivity index (χ0n) is 20.2. The molecule has 0 unspecified atom stereocenters. The third kappa shape index (κ3) is 4.87. The van der Waals surface area contributed by atoms with Crippen LogP contribution in [0.2, 0.25) is 0 Å². The molecular formula is C26H21BrF3N7O2. The minimum absolute atomic E-state index is 0.0133. The maximum atomic E-state index is 14.1. The third-order valence-electron chi connectivity index (χ3n) is 6.70. The fraction of sp³-hybridized carbons (Fsp3) is 0.269. The van der Waals surface area contributed by atoms with E-state index in [0.717, 1.165) is 12.4 Å². The SMILES string of the molecule is C#CC[C@@H]1CC[C@@H](C(=O)Nc2cccc(Br)n2)N1C(=O)Cn1c2ncnc(N)c2c2cccc(C(F)(F)F)c21. The third-order valence-corrected chi connectivity index (χ3v) is 7.14. The van der Waals surface area contributed by atoms with Crippen molar-refractivity contribution in [1.29, 1.82) is 0 Å². The lowest BCUT2D eigenvalue weighted by atomic mass is 10.1. The first-order chi connectivity index (χ1) is 18.6. The van der Waals surface area contributed by atoms with E-state index in [1.165, 1.54) is 21.6 Å². The predicted molar refractivity (Wildman–Crippen MR) is 142 cm³/mol. The van der Waals surface area contributed by atoms with Gasteiger partial charge in [-0.2, -0.15) is 13.2 Å². The second-order valence-electron chi connectivity index (χ2n) is 9.03. The summed E-state index contributed by atoms with van der Waals surface area (Å²) in [5, 5.41) is 3.09. The van der Waals surface area contributed by atoms with Gasteiger partial charge in [-0.1, -0.05) is 18.2 Å². The molecule has 0 saturated carbocycles. The van der Waals surface area contributed by atoms with Crippen molar-refractivity contribution in [2.75, 3.05) is 11.1 Å². The lowest BCUT2D eigenvalue weighted by Gasteiger charge is -2.29. The van der Waals surface area contributed by atoms with Gasteiger partial charge >= 0.3 is 6.18 Å². The lowest BCUT2D eigenvalue weighted by molar-refractivity contribution is -0.139. The number of amides is 2. The summed E-state index contributed by atoms with van der Waals surface area (Å²) in [6.45, 7) is -0.524. The molecule has 0 bridgehead atoms. The number of para-hydroxylation sites is 1. The molecule has 5 rings (SSSR count). The van der Waals surface area contributed by atoms with Gasteiger partial charge in [-0.25, -0.2) is 15.0 Å². The number of fused-ring (bicyclic) bond motifs is 3. The van der Waals surface area contributed by atoms with E-state index in [1.807, 2.05) is 0 Å². The van der Waals surface area contributed by atoms with Crippen molar-refractivity contribution in [2.45, 2.75) is 44.1 Å². The standard InChI is InChI=1S/C26H21BrF3N7O2/c1-2-5-14-10-11-17(25(39)35-19-9-4-8-18(27)34-19)37(14)20(38)12-36-22-15(6-3-7-16(22)26(28,29)30)21-23(31)32-13-33-24(21)36/h1,3-4,6-9,13-14,17H,5,10-12H2,(H2,31,32,33)(H,34,35,39)/t14-,17+/m1/s1. The number of hydrogen-bond donors (Lipinski definition) is 2. The molecule has 2 atom stereocenters. The number of alkyl halides is 3. The average Bonchev–Trinajstić information content (AvgIpc) is 3.44. The maximum absolute atomic E-state index is 14.1. The Hall–Kier alpha value is -4.18. The van der Waals surface area contributed by atoms with Gasteiger partial charge in [0, 0.05) is 17.8 Å². The van der Waals surface area contributed by atoms with Gasteiger partial charge in [-0.15, -0.1) is 12.3 Å². The molecule has 0 aliphatic carbocycles. The molecule has 0 radical (unpaired) electrons. The number of hydrogen-bond acceptors (Lipinski definition) is 6. The van der Waals surface area contributed by atoms with Crippen molar-refractivity contribution < 1.29 is 22.8 Å². The van der Waals surface area contributed by atoms with Crippen LogP contribution in [0.3, 0.4) is 0 Å². The summed E-state index contributed by atoms with van der Waals surface area (Å²) >= 11 is 3.25. The number of aromatic nitrogens is 4. The molecule has 13 heteroatoms. The number of nitrogens with zero attached hydrogens (tertiary/aromatic N) is 5. The van der Waals surface area contributed by atoms with Crippen LogP contribution in [0.1, 0.15) is 24.8 Å². The fourth-order valence-corrected chi connectivity index (χ4v) is 5.48. The Kier molecular flexibility index (Phi) is 6.90. The number of carbonyl (C=O) groups is 2. The Balaban J connectivity index is 1.56. The molecule has 1 aliphatic heterocycles. The van der Waals surface area contributed by atoms with Crippen molar-refractivity contribution in [1.82, 2.24) is 24.4 Å². The molecule has 9 nitrogen and oxygen atoms in total. The van der Waals surface area contributed by atoms with E-state index in [-0.39, 0.29) is 40.0 Å². The number of nitrogens with one attached hydrogen (secondary N) is 1. The number of rotatable bonds is 5. The number of pyridine rings is 1. The molecule has 4 aromatic rings. The number of likely N-dealkylation sites (tertiary alicyclic amines) is 1. The summed E-state index contributed by atoms with van der Waals surface area (Å²) in [7, 11) is 0. The van der Waals surface area contributed by atoms with Crippen LogP contribution in [0.5, 0.6) is 0 Å². The number of nitrogen functional groups attached to an aromatic ring is 1. The molecule has 0 spiro atoms. The van der Waals surface area contributed by atoms with Crippen LogP contribution in [0.15, 0.2) is 47.3 Å². The number of benzene rings is 1. The highest BCUT2D eigenvalue weighted by atomic mass is 79.9. The van der Waals surface area contributed by atoms with Crippen molar-refractivity contribution in [3.8, 4) is 12.3 Å². The van der Waals surface area contributed by atoms with E-state index in [2.05, 4.69) is 42.1 Å². The molecule has 200 valence electrons. The predicted octanol–water partition coefficient (Wildman–Crippen LogP) is 4.36. The molecule has 39 heavy (non-hydrogen) atoms. The zero-order chi connectivity index (χ0) is 27.9. The number of anilines is 2. The highest BCUT2D eigenvalue weighted by Gasteiger charge is 2.41. The van der Waals surface area contributed by atoms with E-state index < -0.39 is 42.2 Å². The first-order valence-electron chi connectivity index (χ1n) is 11.9. The van der Waals surface area contributed by atoms with E-state index >= 15 is 0 Å². The quantitative estimate of drug-likeness (QED) is 0.260. The van der Waals surface area contributed by atoms with Gasteiger partial charge in [-0.05, 0) is 47.0 Å². The van der Waals surface area contributed by atoms with Gasteiger partial charge in [0.2, 0.25) is 11.8 Å². The zero-order valence-corrected chi connectivity index (χ0v) is 21.8. The molecule has 4 heterocycles. The Bertz CT molecular complexity index is 1650. The Labute approximate surface area is 228 Å². The number of halogens is 4. The molecule has 1 aromatic carbocycles. The van der Waals surface area contributed by atoms with Gasteiger partial charge in [0.1, 0.15) is 40.8 Å². The van der Waals surface area contributed by atoms with Crippen LogP contribution in [-0.4, -0.2) is 48.3 Å². The Morgan fingerprint density at radius 3 is 2.67 bits per heavy atom. The molecule has 3 N–H and O–H groups in total. The lowest BCUT2D eigenvalue weighted by Crippen LogP contribution is -2.48. The second-order valence-corrected chi connectivity index (χ2v) is 9.85. The molecule has 1 aliphatic rings. The minimum Gasteiger partial charge on any atom is -0.383 e. The summed E-state index contributed by atoms with van der Waals surface area (Å²) in [5.74, 6) is 1.75. The molecule has 1 saturated heterocycles. The maximum Gasteiger partial charge on any atom is 0.418 e. The second kappa shape index (κ2) is 10.2. The fourth-order valence-electron chi connectivity index (χ4n) is 5.14. The first-order valence-corrected chi connectivity index (χ1v) is 12.7. The molecule has 3 aromatic heterocycles. The summed E-state index contributed by atoms with van der Waals surface area (Å²) in [4.78, 5) is 40.7. The summed E-state index contributed by atoms with van der Waals surface area (Å²) < 4.78 is 43.9. The summed E-state index contributed by atoms with van der Waals surface area (Å²) in [6.07, 6.45) is 2.92. The van der Waals surface area contributed by atoms with Gasteiger partial charge in [0.15, 0.2) is 0 Å². The van der Waals surface area contributed by atoms with Gasteiger partial charge in [-0.3, -0.25) is 9.59 Å². The number of terminal acetylenes is 1. The smallest absolute Gasteiger partial charge is 0.383 e. The highest BCUT2D eigenvalue weighted by molar-refractivity contribution is 9.10. The Morgan fingerprint density at radius 1 is 1.18 bits per heavy atom. The van der Waals surface area contributed by atoms with Crippen LogP contribution < -0.4 is 11.1 Å². The van der Waals surface area contributed by atoms with Crippen LogP contribution in [0.25, 0.3) is 21.9 Å². The van der Waals surface area contributed by atoms with Gasteiger partial charge in [0.25, 0.3) is 0 Å². The normalized spacial score (nSPS) is 17.5. The van der Waals surface area contributed by atoms with E-state index in [1.54, 1.807) is 18.2 Å². The monoisotopic (exact) mass is 599 g/mol. The number of carbonyl (C=O) groups excluding carboxylic acids is 2. The molecule has 1 fully saturated rings. The van der Waals surface area contributed by atoms with Crippen molar-refractivity contribution in [3.05, 3.63) is 52.9 Å². The van der Waals surface area contributed by atoms with E-state index in [9.17, 15) is 22.8 Å². The van der Waals surface area contributed by atoms with Crippen molar-refractivity contribution in [3.63, 3.8) is 0 Å². The average molecular weight is 600 g/mol. The largest absolute Gasteiger partial charge is 0.418 e. The van der Waals surface area contributed by atoms with E-state index in [4.69, 9.17) is 12.2 Å². The topological polar surface area (TPSA) is 119 Å². The van der Waals surface area contributed by atoms with Crippen LogP contribution in [0, 0.1) is 12.3 Å². The van der Waals surface area contributed by atoms with Crippen LogP contribution in [0.4, 0.5) is 24.8 Å². The van der Waals surface area contributed by atoms with Crippen molar-refractivity contribution >= 4 is 61.3 Å². The van der Waals surface area contributed by atoms with Gasteiger partial charge < -0.3 is 20.5 Å². The van der Waals surface area contributed by atoms with Crippen LogP contribution in [-0.2, 0) is 22.3 Å². The van der Waals surface area contributed by atoms with Crippen molar-refractivity contribution in [2.24, 2.45) is 0 Å². The number of nitrogens with two attached hydrogens (primary N) is 1. The minimum atomic E-state index is -4.71.